The van der Waals surface area contributed by atoms with Gasteiger partial charge in [-0.3, -0.25) is 0 Å². The number of halogens is 1. The van der Waals surface area contributed by atoms with Gasteiger partial charge in [0.2, 0.25) is 0 Å². The summed E-state index contributed by atoms with van der Waals surface area (Å²) in [6.45, 7) is 0. The minimum Gasteiger partial charge on any atom is -0.464 e. The van der Waals surface area contributed by atoms with E-state index >= 15 is 0 Å². The monoisotopic (exact) mass is 349 g/mol. The smallest absolute Gasteiger partial charge is 0.356 e. The van der Waals surface area contributed by atoms with Crippen LogP contribution in [0.1, 0.15) is 27.8 Å². The lowest BCUT2D eigenvalue weighted by molar-refractivity contribution is 0.0593. The van der Waals surface area contributed by atoms with Gasteiger partial charge in [-0.1, -0.05) is 29.0 Å². The Kier molecular flexibility index (Phi) is 4.16. The summed E-state index contributed by atoms with van der Waals surface area (Å²) in [6.07, 6.45) is -1.10. The first kappa shape index (κ1) is 15.7. The van der Waals surface area contributed by atoms with Crippen molar-refractivity contribution in [2.24, 2.45) is 0 Å². The predicted molar refractivity (Wildman–Crippen MR) is 88.7 cm³/mol. The number of aromatic nitrogens is 2. The summed E-state index contributed by atoms with van der Waals surface area (Å²) in [5.74, 6) is -0.576. The molecule has 0 spiro atoms. The van der Waals surface area contributed by atoms with Gasteiger partial charge >= 0.3 is 5.97 Å². The van der Waals surface area contributed by atoms with Gasteiger partial charge in [0, 0.05) is 10.6 Å². The fourth-order valence-corrected chi connectivity index (χ4v) is 3.33. The van der Waals surface area contributed by atoms with Crippen LogP contribution in [0.2, 0.25) is 5.02 Å². The number of carbonyl (C=O) groups is 1. The Morgan fingerprint density at radius 3 is 2.91 bits per heavy atom. The molecular weight excluding hydrogens is 338 g/mol. The van der Waals surface area contributed by atoms with E-state index < -0.39 is 12.1 Å². The second-order valence-electron chi connectivity index (χ2n) is 4.74. The fourth-order valence-electron chi connectivity index (χ4n) is 2.23. The van der Waals surface area contributed by atoms with Gasteiger partial charge in [0.25, 0.3) is 0 Å². The van der Waals surface area contributed by atoms with E-state index in [4.69, 9.17) is 17.3 Å². The van der Waals surface area contributed by atoms with Crippen LogP contribution in [-0.4, -0.2) is 28.2 Å². The van der Waals surface area contributed by atoms with Crippen molar-refractivity contribution in [1.82, 2.24) is 9.97 Å². The molecule has 0 saturated carbocycles. The maximum atomic E-state index is 11.6. The molecule has 1 aromatic carbocycles. The number of rotatable bonds is 3. The molecule has 23 heavy (non-hydrogen) atoms. The Morgan fingerprint density at radius 1 is 1.39 bits per heavy atom. The molecule has 0 saturated heterocycles. The second-order valence-corrected chi connectivity index (χ2v) is 6.23. The van der Waals surface area contributed by atoms with Crippen LogP contribution < -0.4 is 5.73 Å². The number of nitrogen functional groups attached to an aromatic ring is 1. The van der Waals surface area contributed by atoms with Crippen molar-refractivity contribution in [3.05, 3.63) is 52.3 Å². The van der Waals surface area contributed by atoms with Gasteiger partial charge in [-0.15, -0.1) is 0 Å². The summed E-state index contributed by atoms with van der Waals surface area (Å²) in [6, 6.07) is 8.09. The van der Waals surface area contributed by atoms with Crippen LogP contribution in [0.25, 0.3) is 10.2 Å². The number of hydrogen-bond donors (Lipinski definition) is 2. The third kappa shape index (κ3) is 2.98. The van der Waals surface area contributed by atoms with E-state index in [1.54, 1.807) is 24.3 Å². The molecule has 0 fully saturated rings. The van der Waals surface area contributed by atoms with Crippen LogP contribution in [0.5, 0.6) is 0 Å². The van der Waals surface area contributed by atoms with Gasteiger partial charge in [0.05, 0.1) is 23.0 Å². The van der Waals surface area contributed by atoms with Crippen LogP contribution in [0, 0.1) is 0 Å². The van der Waals surface area contributed by atoms with Crippen molar-refractivity contribution in [1.29, 1.82) is 0 Å². The van der Waals surface area contributed by atoms with Crippen molar-refractivity contribution in [3.8, 4) is 0 Å². The molecule has 2 aromatic heterocycles. The molecule has 0 amide bonds. The van der Waals surface area contributed by atoms with Gasteiger partial charge in [0.1, 0.15) is 11.8 Å². The zero-order valence-electron chi connectivity index (χ0n) is 12.0. The molecule has 0 aliphatic rings. The van der Waals surface area contributed by atoms with Gasteiger partial charge < -0.3 is 15.6 Å². The maximum Gasteiger partial charge on any atom is 0.356 e. The van der Waals surface area contributed by atoms with Crippen molar-refractivity contribution in [3.63, 3.8) is 0 Å². The molecule has 3 rings (SSSR count). The van der Waals surface area contributed by atoms with Crippen molar-refractivity contribution >= 4 is 44.3 Å². The zero-order chi connectivity index (χ0) is 16.6. The first-order valence-corrected chi connectivity index (χ1v) is 7.78. The van der Waals surface area contributed by atoms with Gasteiger partial charge in [-0.25, -0.2) is 14.8 Å². The number of pyridine rings is 1. The first-order valence-electron chi connectivity index (χ1n) is 6.58. The van der Waals surface area contributed by atoms with Crippen molar-refractivity contribution in [2.75, 3.05) is 12.8 Å². The minimum absolute atomic E-state index is 0.111. The summed E-state index contributed by atoms with van der Waals surface area (Å²) in [4.78, 5) is 20.0. The highest BCUT2D eigenvalue weighted by Gasteiger charge is 2.20. The van der Waals surface area contributed by atoms with E-state index in [2.05, 4.69) is 14.7 Å². The molecule has 0 radical (unpaired) electrons. The van der Waals surface area contributed by atoms with E-state index in [1.165, 1.54) is 24.5 Å². The van der Waals surface area contributed by atoms with Crippen molar-refractivity contribution < 1.29 is 14.6 Å². The Labute approximate surface area is 140 Å². The molecule has 6 nitrogen and oxygen atoms in total. The van der Waals surface area contributed by atoms with E-state index in [9.17, 15) is 9.90 Å². The first-order chi connectivity index (χ1) is 11.0. The van der Waals surface area contributed by atoms with Crippen LogP contribution >= 0.6 is 22.9 Å². The Morgan fingerprint density at radius 2 is 2.17 bits per heavy atom. The summed E-state index contributed by atoms with van der Waals surface area (Å²) >= 11 is 7.38. The number of benzene rings is 1. The Balaban J connectivity index is 2.10. The van der Waals surface area contributed by atoms with E-state index in [1.807, 2.05) is 0 Å². The molecule has 0 aliphatic heterocycles. The maximum absolute atomic E-state index is 11.6. The lowest BCUT2D eigenvalue weighted by atomic mass is 10.0. The molecule has 0 bridgehead atoms. The minimum atomic E-state index is -1.10. The summed E-state index contributed by atoms with van der Waals surface area (Å²) in [7, 11) is 1.27. The number of methoxy groups -OCH3 is 1. The quantitative estimate of drug-likeness (QED) is 0.705. The second kappa shape index (κ2) is 6.11. The highest BCUT2D eigenvalue weighted by Crippen LogP contribution is 2.34. The van der Waals surface area contributed by atoms with Gasteiger partial charge in [0.15, 0.2) is 5.13 Å². The SMILES string of the molecule is COC(=O)c1cccc(C(O)c2cc(Cl)cc3sc(N)nc23)n1. The Bertz CT molecular complexity index is 897. The van der Waals surface area contributed by atoms with Crippen molar-refractivity contribution in [2.45, 2.75) is 6.10 Å². The van der Waals surface area contributed by atoms with Crippen LogP contribution in [0.3, 0.4) is 0 Å². The molecule has 2 heterocycles. The van der Waals surface area contributed by atoms with Crippen LogP contribution in [0.15, 0.2) is 30.3 Å². The molecule has 3 aromatic rings. The largest absolute Gasteiger partial charge is 0.464 e. The molecule has 3 N–H and O–H groups in total. The van der Waals surface area contributed by atoms with E-state index in [0.29, 0.717) is 26.9 Å². The number of carbonyl (C=O) groups excluding carboxylic acids is 1. The molecule has 0 aliphatic carbocycles. The normalized spacial score (nSPS) is 12.3. The molecule has 1 unspecified atom stereocenters. The molecular formula is C15H12ClN3O3S. The third-order valence-electron chi connectivity index (χ3n) is 3.25. The zero-order valence-corrected chi connectivity index (χ0v) is 13.6. The highest BCUT2D eigenvalue weighted by molar-refractivity contribution is 7.22. The summed E-state index contributed by atoms with van der Waals surface area (Å²) in [5.41, 5.74) is 7.19. The lowest BCUT2D eigenvalue weighted by Crippen LogP contribution is -2.09. The number of thiazole rings is 1. The van der Waals surface area contributed by atoms with Crippen LogP contribution in [0.4, 0.5) is 5.13 Å². The topological polar surface area (TPSA) is 98.3 Å². The van der Waals surface area contributed by atoms with Crippen LogP contribution in [-0.2, 0) is 4.74 Å². The van der Waals surface area contributed by atoms with E-state index in [-0.39, 0.29) is 5.69 Å². The number of fused-ring (bicyclic) bond motifs is 1. The van der Waals surface area contributed by atoms with E-state index in [0.717, 1.165) is 4.70 Å². The number of nitrogens with two attached hydrogens (primary N) is 1. The number of aliphatic hydroxyl groups is 1. The fraction of sp³-hybridized carbons (Fsp3) is 0.133. The average Bonchev–Trinajstić information content (AvgIpc) is 2.92. The summed E-state index contributed by atoms with van der Waals surface area (Å²) < 4.78 is 5.41. The number of ether oxygens (including phenoxy) is 1. The highest BCUT2D eigenvalue weighted by atomic mass is 35.5. The Hall–Kier alpha value is -2.22. The lowest BCUT2D eigenvalue weighted by Gasteiger charge is -2.12. The number of anilines is 1. The molecule has 118 valence electrons. The number of nitrogens with zero attached hydrogens (tertiary/aromatic N) is 2. The standard InChI is InChI=1S/C15H12ClN3O3S/c1-22-14(21)10-4-2-3-9(18-10)13(20)8-5-7(16)6-11-12(8)19-15(17)23-11/h2-6,13,20H,1H3,(H2,17,19). The number of hydrogen-bond acceptors (Lipinski definition) is 7. The predicted octanol–water partition coefficient (Wildman–Crippen LogP) is 2.80. The summed E-state index contributed by atoms with van der Waals surface area (Å²) in [5, 5.41) is 11.5. The number of aliphatic hydroxyl groups excluding tert-OH is 1. The third-order valence-corrected chi connectivity index (χ3v) is 4.30. The number of esters is 1. The average molecular weight is 350 g/mol. The molecule has 1 atom stereocenters. The van der Waals surface area contributed by atoms with Gasteiger partial charge in [-0.2, -0.15) is 0 Å². The van der Waals surface area contributed by atoms with Gasteiger partial charge in [-0.05, 0) is 24.3 Å². The molecule has 8 heteroatoms.